The molecule has 0 bridgehead atoms. The molecule has 12 nitrogen and oxygen atoms in total. The molecule has 1 aliphatic rings. The Hall–Kier alpha value is -3.17. The SMILES string of the molecule is CN1CCN(c2ccc3[nH]c(-c4ccc5[nH]c(-c6ccc(O)cc6)nc5c4)nc3c2)CC1.Cl.Cl.Cl.O.O.O.O.O. The molecule has 224 valence electrons. The third kappa shape index (κ3) is 7.95. The number of nitrogens with zero attached hydrogens (tertiary/aromatic N) is 4. The van der Waals surface area contributed by atoms with Crippen molar-refractivity contribution < 1.29 is 32.5 Å². The minimum absolute atomic E-state index is 0. The summed E-state index contributed by atoms with van der Waals surface area (Å²) in [4.78, 5) is 21.2. The van der Waals surface area contributed by atoms with Crippen LogP contribution in [0, 0.1) is 0 Å². The van der Waals surface area contributed by atoms with Gasteiger partial charge in [0.25, 0.3) is 0 Å². The molecule has 5 aromatic rings. The summed E-state index contributed by atoms with van der Waals surface area (Å²) in [5, 5.41) is 9.52. The highest BCUT2D eigenvalue weighted by molar-refractivity contribution is 5.87. The van der Waals surface area contributed by atoms with Crippen LogP contribution in [0.2, 0.25) is 0 Å². The van der Waals surface area contributed by atoms with E-state index >= 15 is 0 Å². The van der Waals surface area contributed by atoms with E-state index in [0.29, 0.717) is 0 Å². The van der Waals surface area contributed by atoms with Crippen LogP contribution < -0.4 is 4.90 Å². The lowest BCUT2D eigenvalue weighted by molar-refractivity contribution is 0.313. The van der Waals surface area contributed by atoms with E-state index in [2.05, 4.69) is 57.1 Å². The average Bonchev–Trinajstić information content (AvgIpc) is 3.43. The van der Waals surface area contributed by atoms with Gasteiger partial charge in [0.1, 0.15) is 17.4 Å². The predicted molar refractivity (Wildman–Crippen MR) is 168 cm³/mol. The molecule has 2 aromatic heterocycles. The normalized spacial score (nSPS) is 12.1. The number of fused-ring (bicyclic) bond motifs is 2. The summed E-state index contributed by atoms with van der Waals surface area (Å²) in [5.41, 5.74) is 7.01. The Labute approximate surface area is 249 Å². The Morgan fingerprint density at radius 3 is 1.68 bits per heavy atom. The van der Waals surface area contributed by atoms with Crippen molar-refractivity contribution in [3.8, 4) is 28.5 Å². The quantitative estimate of drug-likeness (QED) is 0.269. The minimum atomic E-state index is 0. The van der Waals surface area contributed by atoms with Crippen molar-refractivity contribution in [2.45, 2.75) is 0 Å². The van der Waals surface area contributed by atoms with E-state index < -0.39 is 0 Å². The Morgan fingerprint density at radius 1 is 0.625 bits per heavy atom. The maximum atomic E-state index is 9.52. The number of benzene rings is 3. The maximum absolute atomic E-state index is 9.52. The molecule has 0 atom stereocenters. The second-order valence-electron chi connectivity index (χ2n) is 8.44. The van der Waals surface area contributed by atoms with Gasteiger partial charge in [-0.3, -0.25) is 0 Å². The molecule has 40 heavy (non-hydrogen) atoms. The van der Waals surface area contributed by atoms with Gasteiger partial charge in [-0.15, -0.1) is 37.2 Å². The first-order valence-electron chi connectivity index (χ1n) is 10.9. The lowest BCUT2D eigenvalue weighted by Crippen LogP contribution is -2.44. The van der Waals surface area contributed by atoms with Crippen molar-refractivity contribution in [1.82, 2.24) is 24.8 Å². The van der Waals surface area contributed by atoms with Gasteiger partial charge in [0, 0.05) is 43.0 Å². The average molecular weight is 624 g/mol. The van der Waals surface area contributed by atoms with Crippen molar-refractivity contribution in [1.29, 1.82) is 0 Å². The number of rotatable bonds is 3. The Kier molecular flexibility index (Phi) is 17.4. The number of likely N-dealkylation sites (N-methyl/N-ethyl adjacent to an activating group) is 1. The summed E-state index contributed by atoms with van der Waals surface area (Å²) in [6.07, 6.45) is 0. The zero-order chi connectivity index (χ0) is 21.7. The fraction of sp³-hybridized carbons (Fsp3) is 0.200. The van der Waals surface area contributed by atoms with Crippen LogP contribution in [0.15, 0.2) is 60.7 Å². The van der Waals surface area contributed by atoms with E-state index in [1.165, 1.54) is 5.69 Å². The van der Waals surface area contributed by atoms with Crippen LogP contribution >= 0.6 is 37.2 Å². The van der Waals surface area contributed by atoms with Gasteiger partial charge in [-0.1, -0.05) is 0 Å². The fourth-order valence-corrected chi connectivity index (χ4v) is 4.30. The molecule has 3 aromatic carbocycles. The molecule has 0 unspecified atom stereocenters. The molecule has 0 radical (unpaired) electrons. The minimum Gasteiger partial charge on any atom is -0.508 e. The first-order chi connectivity index (χ1) is 15.6. The van der Waals surface area contributed by atoms with Gasteiger partial charge in [-0.25, -0.2) is 9.97 Å². The largest absolute Gasteiger partial charge is 0.508 e. The summed E-state index contributed by atoms with van der Waals surface area (Å²) < 4.78 is 0. The number of phenolic OH excluding ortho intramolecular Hbond substituents is 1. The highest BCUT2D eigenvalue weighted by Gasteiger charge is 2.16. The van der Waals surface area contributed by atoms with Gasteiger partial charge in [0.2, 0.25) is 0 Å². The standard InChI is InChI=1S/C25H24N6O.3ClH.5H2O/c1-30-10-12-31(13-11-30)18-5-9-21-23(15-18)29-25(27-21)17-4-8-20-22(14-17)28-24(26-20)16-2-6-19(32)7-3-16;;;;;;;;/h2-9,14-15,32H,10-13H2,1H3,(H,26,28)(H,27,29);3*1H;5*1H2. The Balaban J connectivity index is -0.00000171. The molecule has 1 fully saturated rings. The van der Waals surface area contributed by atoms with E-state index in [4.69, 9.17) is 9.97 Å². The number of piperazine rings is 1. The van der Waals surface area contributed by atoms with Crippen molar-refractivity contribution >= 4 is 65.0 Å². The topological polar surface area (TPSA) is 242 Å². The van der Waals surface area contributed by atoms with Crippen molar-refractivity contribution in [3.63, 3.8) is 0 Å². The maximum Gasteiger partial charge on any atom is 0.138 e. The second-order valence-corrected chi connectivity index (χ2v) is 8.44. The summed E-state index contributed by atoms with van der Waals surface area (Å²) in [6.45, 7) is 4.25. The monoisotopic (exact) mass is 622 g/mol. The smallest absolute Gasteiger partial charge is 0.138 e. The van der Waals surface area contributed by atoms with Gasteiger partial charge in [-0.05, 0) is 67.7 Å². The van der Waals surface area contributed by atoms with Crippen LogP contribution in [-0.4, -0.2) is 90.6 Å². The Morgan fingerprint density at radius 2 is 1.10 bits per heavy atom. The number of H-pyrrole nitrogens is 2. The van der Waals surface area contributed by atoms with Crippen LogP contribution in [0.5, 0.6) is 5.75 Å². The number of nitrogens with one attached hydrogen (secondary N) is 2. The molecule has 1 saturated heterocycles. The number of aromatic hydroxyl groups is 1. The molecule has 6 rings (SSSR count). The molecular weight excluding hydrogens is 587 g/mol. The fourth-order valence-electron chi connectivity index (χ4n) is 4.30. The molecule has 3 heterocycles. The van der Waals surface area contributed by atoms with Crippen LogP contribution in [0.1, 0.15) is 0 Å². The summed E-state index contributed by atoms with van der Waals surface area (Å²) in [5.74, 6) is 1.86. The highest BCUT2D eigenvalue weighted by Crippen LogP contribution is 2.28. The third-order valence-electron chi connectivity index (χ3n) is 6.23. The number of hydrogen-bond donors (Lipinski definition) is 3. The van der Waals surface area contributed by atoms with Crippen LogP contribution in [0.25, 0.3) is 44.8 Å². The molecule has 0 spiro atoms. The number of aromatic amines is 2. The van der Waals surface area contributed by atoms with Gasteiger partial charge in [-0.2, -0.15) is 0 Å². The number of hydrogen-bond acceptors (Lipinski definition) is 5. The predicted octanol–water partition coefficient (Wildman–Crippen LogP) is 1.37. The first kappa shape index (κ1) is 41.3. The number of halogens is 3. The van der Waals surface area contributed by atoms with Gasteiger partial charge in [0.15, 0.2) is 0 Å². The van der Waals surface area contributed by atoms with Gasteiger partial charge in [0.05, 0.1) is 22.1 Å². The number of phenols is 1. The van der Waals surface area contributed by atoms with Crippen molar-refractivity contribution in [2.75, 3.05) is 38.1 Å². The second kappa shape index (κ2) is 16.8. The molecule has 15 heteroatoms. The van der Waals surface area contributed by atoms with Crippen molar-refractivity contribution in [2.24, 2.45) is 0 Å². The molecule has 13 N–H and O–H groups in total. The molecular formula is C25H37Cl3N6O6. The molecule has 0 saturated carbocycles. The summed E-state index contributed by atoms with van der Waals surface area (Å²) in [6, 6.07) is 19.6. The highest BCUT2D eigenvalue weighted by atomic mass is 35.5. The van der Waals surface area contributed by atoms with Crippen LogP contribution in [0.3, 0.4) is 0 Å². The van der Waals surface area contributed by atoms with E-state index in [0.717, 1.165) is 71.0 Å². The Bertz CT molecular complexity index is 1440. The molecule has 0 amide bonds. The molecule has 0 aliphatic carbocycles. The zero-order valence-electron chi connectivity index (χ0n) is 21.6. The number of anilines is 1. The van der Waals surface area contributed by atoms with Crippen molar-refractivity contribution in [3.05, 3.63) is 60.7 Å². The van der Waals surface area contributed by atoms with Crippen LogP contribution in [-0.2, 0) is 0 Å². The summed E-state index contributed by atoms with van der Waals surface area (Å²) >= 11 is 0. The van der Waals surface area contributed by atoms with E-state index in [1.807, 2.05) is 18.2 Å². The number of aromatic nitrogens is 4. The van der Waals surface area contributed by atoms with E-state index in [9.17, 15) is 5.11 Å². The zero-order valence-corrected chi connectivity index (χ0v) is 24.0. The first-order valence-corrected chi connectivity index (χ1v) is 10.9. The third-order valence-corrected chi connectivity index (χ3v) is 6.23. The lowest BCUT2D eigenvalue weighted by atomic mass is 10.2. The number of imidazole rings is 2. The summed E-state index contributed by atoms with van der Waals surface area (Å²) in [7, 11) is 2.17. The molecule has 1 aliphatic heterocycles. The van der Waals surface area contributed by atoms with E-state index in [1.54, 1.807) is 12.1 Å². The lowest BCUT2D eigenvalue weighted by Gasteiger charge is -2.34. The van der Waals surface area contributed by atoms with Gasteiger partial charge >= 0.3 is 0 Å². The van der Waals surface area contributed by atoms with Gasteiger partial charge < -0.3 is 52.3 Å². The van der Waals surface area contributed by atoms with E-state index in [-0.39, 0.29) is 70.4 Å². The van der Waals surface area contributed by atoms with Crippen LogP contribution in [0.4, 0.5) is 5.69 Å².